The molecule has 0 N–H and O–H groups in total. The first-order valence-electron chi connectivity index (χ1n) is 10.4. The summed E-state index contributed by atoms with van der Waals surface area (Å²) in [5.74, 6) is 0.897. The average molecular weight is 396 g/mol. The monoisotopic (exact) mass is 396 g/mol. The maximum absolute atomic E-state index is 13.6. The molecule has 0 fully saturated rings. The molecule has 4 nitrogen and oxygen atoms in total. The van der Waals surface area contributed by atoms with Gasteiger partial charge in [-0.1, -0.05) is 48.5 Å². The Bertz CT molecular complexity index is 1200. The zero-order valence-corrected chi connectivity index (χ0v) is 17.0. The molecule has 30 heavy (non-hydrogen) atoms. The van der Waals surface area contributed by atoms with Crippen LogP contribution in [0.4, 0.5) is 5.69 Å². The molecule has 1 aromatic heterocycles. The number of aryl methyl sites for hydroxylation is 2. The summed E-state index contributed by atoms with van der Waals surface area (Å²) in [6.07, 6.45) is 1.71. The highest BCUT2D eigenvalue weighted by atomic mass is 16.5. The molecule has 0 unspecified atom stereocenters. The molecule has 5 rings (SSSR count). The molecule has 0 spiro atoms. The Morgan fingerprint density at radius 1 is 0.933 bits per heavy atom. The lowest BCUT2D eigenvalue weighted by molar-refractivity contribution is 0.0972. The van der Waals surface area contributed by atoms with Gasteiger partial charge in [-0.05, 0) is 54.3 Å². The topological polar surface area (TPSA) is 34.5 Å². The highest BCUT2D eigenvalue weighted by molar-refractivity contribution is 6.11. The summed E-state index contributed by atoms with van der Waals surface area (Å²) >= 11 is 0. The second-order valence-electron chi connectivity index (χ2n) is 7.64. The molecular weight excluding hydrogens is 372 g/mol. The van der Waals surface area contributed by atoms with E-state index in [1.54, 1.807) is 7.11 Å². The van der Waals surface area contributed by atoms with E-state index in [0.717, 1.165) is 53.0 Å². The Kier molecular flexibility index (Phi) is 4.75. The number of hydrogen-bond donors (Lipinski definition) is 0. The fraction of sp³-hybridized carbons (Fsp3) is 0.192. The first kappa shape index (κ1) is 18.5. The van der Waals surface area contributed by atoms with E-state index in [1.807, 2.05) is 47.4 Å². The molecule has 4 heteroatoms. The minimum atomic E-state index is 0.0747. The molecule has 1 aliphatic rings. The van der Waals surface area contributed by atoms with Crippen LogP contribution in [0, 0.1) is 0 Å². The van der Waals surface area contributed by atoms with Gasteiger partial charge < -0.3 is 14.2 Å². The van der Waals surface area contributed by atoms with Crippen molar-refractivity contribution >= 4 is 22.5 Å². The Hall–Kier alpha value is -3.53. The van der Waals surface area contributed by atoms with Gasteiger partial charge >= 0.3 is 0 Å². The number of amides is 1. The van der Waals surface area contributed by atoms with Crippen LogP contribution in [0.15, 0.2) is 78.9 Å². The predicted molar refractivity (Wildman–Crippen MR) is 120 cm³/mol. The second-order valence-corrected chi connectivity index (χ2v) is 7.64. The van der Waals surface area contributed by atoms with Gasteiger partial charge in [-0.2, -0.15) is 0 Å². The molecule has 0 radical (unpaired) electrons. The first-order valence-corrected chi connectivity index (χ1v) is 10.4. The average Bonchev–Trinajstić information content (AvgIpc) is 3.13. The van der Waals surface area contributed by atoms with Gasteiger partial charge in [0, 0.05) is 29.7 Å². The fourth-order valence-electron chi connectivity index (χ4n) is 4.45. The quantitative estimate of drug-likeness (QED) is 0.471. The molecule has 0 saturated carbocycles. The summed E-state index contributed by atoms with van der Waals surface area (Å²) < 4.78 is 7.67. The van der Waals surface area contributed by atoms with Crippen LogP contribution in [-0.2, 0) is 19.4 Å². The number of rotatable bonds is 5. The van der Waals surface area contributed by atoms with E-state index in [9.17, 15) is 4.79 Å². The molecule has 0 bridgehead atoms. The zero-order chi connectivity index (χ0) is 20.5. The zero-order valence-electron chi connectivity index (χ0n) is 17.0. The highest BCUT2D eigenvalue weighted by Crippen LogP contribution is 2.35. The van der Waals surface area contributed by atoms with E-state index in [1.165, 1.54) is 5.56 Å². The van der Waals surface area contributed by atoms with E-state index >= 15 is 0 Å². The Morgan fingerprint density at radius 2 is 1.67 bits per heavy atom. The number of hydrogen-bond acceptors (Lipinski definition) is 2. The number of ether oxygens (including phenoxy) is 1. The van der Waals surface area contributed by atoms with Gasteiger partial charge in [-0.15, -0.1) is 0 Å². The van der Waals surface area contributed by atoms with Crippen LogP contribution < -0.4 is 9.64 Å². The van der Waals surface area contributed by atoms with Crippen molar-refractivity contribution in [1.82, 2.24) is 4.57 Å². The number of methoxy groups -OCH3 is 1. The van der Waals surface area contributed by atoms with Crippen LogP contribution in [0.25, 0.3) is 10.9 Å². The van der Waals surface area contributed by atoms with Crippen molar-refractivity contribution < 1.29 is 9.53 Å². The van der Waals surface area contributed by atoms with Crippen LogP contribution in [0.3, 0.4) is 0 Å². The fourth-order valence-corrected chi connectivity index (χ4v) is 4.45. The van der Waals surface area contributed by atoms with Crippen LogP contribution >= 0.6 is 0 Å². The van der Waals surface area contributed by atoms with E-state index in [2.05, 4.69) is 41.0 Å². The smallest absolute Gasteiger partial charge is 0.275 e. The summed E-state index contributed by atoms with van der Waals surface area (Å²) in [7, 11) is 1.68. The third kappa shape index (κ3) is 3.14. The molecule has 0 saturated heterocycles. The molecule has 2 heterocycles. The van der Waals surface area contributed by atoms with E-state index in [4.69, 9.17) is 4.74 Å². The summed E-state index contributed by atoms with van der Waals surface area (Å²) in [4.78, 5) is 15.5. The normalized spacial score (nSPS) is 13.5. The summed E-state index contributed by atoms with van der Waals surface area (Å²) in [6, 6.07) is 26.5. The van der Waals surface area contributed by atoms with Gasteiger partial charge in [-0.3, -0.25) is 4.79 Å². The lowest BCUT2D eigenvalue weighted by atomic mass is 10.0. The lowest BCUT2D eigenvalue weighted by Crippen LogP contribution is -2.38. The Labute approximate surface area is 176 Å². The second kappa shape index (κ2) is 7.71. The molecule has 0 atom stereocenters. The van der Waals surface area contributed by atoms with Crippen LogP contribution in [0.5, 0.6) is 5.75 Å². The van der Waals surface area contributed by atoms with Crippen molar-refractivity contribution in [3.63, 3.8) is 0 Å². The standard InChI is InChI=1S/C26H24N2O2/c1-30-21-12-13-24-23(18-21)22-15-17-27(20-10-6-3-7-11-20)26(29)25(22)28(24)16-14-19-8-4-2-5-9-19/h2-13,18H,14-17H2,1H3. The van der Waals surface area contributed by atoms with Gasteiger partial charge in [0.2, 0.25) is 0 Å². The number of aromatic nitrogens is 1. The summed E-state index contributed by atoms with van der Waals surface area (Å²) in [5.41, 5.74) is 5.26. The summed E-state index contributed by atoms with van der Waals surface area (Å²) in [5, 5.41) is 1.12. The third-order valence-electron chi connectivity index (χ3n) is 5.94. The number of benzene rings is 3. The van der Waals surface area contributed by atoms with Gasteiger partial charge in [0.05, 0.1) is 7.11 Å². The molecule has 3 aromatic carbocycles. The van der Waals surface area contributed by atoms with Crippen LogP contribution in [0.1, 0.15) is 21.6 Å². The van der Waals surface area contributed by atoms with E-state index < -0.39 is 0 Å². The molecule has 4 aromatic rings. The number of nitrogens with zero attached hydrogens (tertiary/aromatic N) is 2. The highest BCUT2D eigenvalue weighted by Gasteiger charge is 2.31. The van der Waals surface area contributed by atoms with Gasteiger partial charge in [-0.25, -0.2) is 0 Å². The van der Waals surface area contributed by atoms with Crippen molar-refractivity contribution in [3.05, 3.63) is 95.7 Å². The minimum absolute atomic E-state index is 0.0747. The van der Waals surface area contributed by atoms with Crippen molar-refractivity contribution in [3.8, 4) is 5.75 Å². The Balaban J connectivity index is 1.61. The predicted octanol–water partition coefficient (Wildman–Crippen LogP) is 5.10. The number of carbonyl (C=O) groups is 1. The molecule has 1 amide bonds. The van der Waals surface area contributed by atoms with Gasteiger partial charge in [0.15, 0.2) is 0 Å². The van der Waals surface area contributed by atoms with E-state index in [-0.39, 0.29) is 5.91 Å². The largest absolute Gasteiger partial charge is 0.497 e. The maximum Gasteiger partial charge on any atom is 0.275 e. The number of carbonyl (C=O) groups excluding carboxylic acids is 1. The van der Waals surface area contributed by atoms with Crippen LogP contribution in [0.2, 0.25) is 0 Å². The molecular formula is C26H24N2O2. The SMILES string of the molecule is COc1ccc2c(c1)c1c(n2CCc2ccccc2)C(=O)N(c2ccccc2)CC1. The van der Waals surface area contributed by atoms with Crippen molar-refractivity contribution in [2.75, 3.05) is 18.6 Å². The lowest BCUT2D eigenvalue weighted by Gasteiger charge is -2.28. The minimum Gasteiger partial charge on any atom is -0.497 e. The van der Waals surface area contributed by atoms with Crippen molar-refractivity contribution in [1.29, 1.82) is 0 Å². The third-order valence-corrected chi connectivity index (χ3v) is 5.94. The Morgan fingerprint density at radius 3 is 2.40 bits per heavy atom. The van der Waals surface area contributed by atoms with Crippen molar-refractivity contribution in [2.45, 2.75) is 19.4 Å². The number of fused-ring (bicyclic) bond motifs is 3. The first-order chi connectivity index (χ1) is 14.8. The number of anilines is 1. The maximum atomic E-state index is 13.6. The number of para-hydroxylation sites is 1. The van der Waals surface area contributed by atoms with Crippen molar-refractivity contribution in [2.24, 2.45) is 0 Å². The van der Waals surface area contributed by atoms with Crippen LogP contribution in [-0.4, -0.2) is 24.1 Å². The molecule has 1 aliphatic heterocycles. The summed E-state index contributed by atoms with van der Waals surface area (Å²) in [6.45, 7) is 1.45. The molecule has 0 aliphatic carbocycles. The molecule has 150 valence electrons. The van der Waals surface area contributed by atoms with Gasteiger partial charge in [0.1, 0.15) is 11.4 Å². The van der Waals surface area contributed by atoms with E-state index in [0.29, 0.717) is 6.54 Å². The van der Waals surface area contributed by atoms with Gasteiger partial charge in [0.25, 0.3) is 5.91 Å².